The highest BCUT2D eigenvalue weighted by Gasteiger charge is 2.35. The molecule has 0 amide bonds. The molecule has 0 atom stereocenters. The van der Waals surface area contributed by atoms with Gasteiger partial charge in [-0.1, -0.05) is 35.9 Å². The summed E-state index contributed by atoms with van der Waals surface area (Å²) < 4.78 is 82.8. The second-order valence-electron chi connectivity index (χ2n) is 6.86. The van der Waals surface area contributed by atoms with Gasteiger partial charge in [-0.25, -0.2) is 17.8 Å². The average Bonchev–Trinajstić information content (AvgIpc) is 3.09. The van der Waals surface area contributed by atoms with Gasteiger partial charge >= 0.3 is 6.18 Å². The number of fused-ring (bicyclic) bond motifs is 1. The summed E-state index contributed by atoms with van der Waals surface area (Å²) in [7, 11) is -4.28. The molecule has 0 aliphatic carbocycles. The molecule has 4 aromatic rings. The third-order valence-electron chi connectivity index (χ3n) is 4.70. The summed E-state index contributed by atoms with van der Waals surface area (Å²) in [6.07, 6.45) is -3.86. The summed E-state index contributed by atoms with van der Waals surface area (Å²) in [5.41, 5.74) is -1.51. The van der Waals surface area contributed by atoms with Crippen LogP contribution in [0, 0.1) is 5.82 Å². The van der Waals surface area contributed by atoms with E-state index in [0.29, 0.717) is 16.6 Å². The number of hydrogen-bond donors (Lipinski definition) is 0. The Morgan fingerprint density at radius 3 is 2.45 bits per heavy atom. The largest absolute Gasteiger partial charge is 0.419 e. The van der Waals surface area contributed by atoms with Crippen molar-refractivity contribution < 1.29 is 26.0 Å². The zero-order chi connectivity index (χ0) is 24.0. The maximum atomic E-state index is 13.8. The molecule has 2 aromatic carbocycles. The fourth-order valence-corrected chi connectivity index (χ4v) is 7.00. The Bertz CT molecular complexity index is 1440. The molecule has 4 rings (SSSR count). The maximum absolute atomic E-state index is 13.8. The first-order valence-electron chi connectivity index (χ1n) is 9.15. The van der Waals surface area contributed by atoms with Gasteiger partial charge in [0.25, 0.3) is 10.0 Å². The first-order valence-corrected chi connectivity index (χ1v) is 12.6. The van der Waals surface area contributed by atoms with Crippen LogP contribution < -0.4 is 4.31 Å². The van der Waals surface area contributed by atoms with E-state index in [9.17, 15) is 26.0 Å². The topological polar surface area (TPSA) is 50.3 Å². The lowest BCUT2D eigenvalue weighted by atomic mass is 10.1. The van der Waals surface area contributed by atoms with E-state index in [0.717, 1.165) is 38.0 Å². The molecule has 0 radical (unpaired) electrons. The summed E-state index contributed by atoms with van der Waals surface area (Å²) in [6, 6.07) is 12.1. The van der Waals surface area contributed by atoms with Gasteiger partial charge in [0.1, 0.15) is 20.9 Å². The Morgan fingerprint density at radius 2 is 1.82 bits per heavy atom. The van der Waals surface area contributed by atoms with Crippen molar-refractivity contribution >= 4 is 64.0 Å². The van der Waals surface area contributed by atoms with Gasteiger partial charge in [-0.3, -0.25) is 4.31 Å². The zero-order valence-corrected chi connectivity index (χ0v) is 20.3. The maximum Gasteiger partial charge on any atom is 0.419 e. The predicted octanol–water partition coefficient (Wildman–Crippen LogP) is 7.27. The Kier molecular flexibility index (Phi) is 6.43. The van der Waals surface area contributed by atoms with Crippen LogP contribution >= 0.6 is 38.9 Å². The Labute approximate surface area is 203 Å². The molecule has 0 saturated heterocycles. The summed E-state index contributed by atoms with van der Waals surface area (Å²) in [6.45, 7) is -0.472. The molecule has 0 fully saturated rings. The van der Waals surface area contributed by atoms with Crippen LogP contribution in [0.1, 0.15) is 11.1 Å². The third-order valence-corrected chi connectivity index (χ3v) is 9.02. The summed E-state index contributed by atoms with van der Waals surface area (Å²) >= 11 is 10.3. The molecule has 2 aromatic heterocycles. The van der Waals surface area contributed by atoms with Crippen molar-refractivity contribution in [3.8, 4) is 0 Å². The van der Waals surface area contributed by atoms with E-state index in [1.165, 1.54) is 12.1 Å². The number of sulfonamides is 1. The minimum absolute atomic E-state index is 0.0430. The first kappa shape index (κ1) is 23.9. The van der Waals surface area contributed by atoms with Crippen LogP contribution in [0.3, 0.4) is 0 Å². The monoisotopic (exact) mass is 578 g/mol. The molecule has 0 saturated carbocycles. The van der Waals surface area contributed by atoms with Crippen LogP contribution in [0.15, 0.2) is 70.2 Å². The lowest BCUT2D eigenvalue weighted by Gasteiger charge is -2.24. The van der Waals surface area contributed by atoms with E-state index in [1.807, 2.05) is 0 Å². The van der Waals surface area contributed by atoms with Crippen LogP contribution in [-0.2, 0) is 22.7 Å². The van der Waals surface area contributed by atoms with Crippen molar-refractivity contribution in [2.24, 2.45) is 0 Å². The molecule has 4 nitrogen and oxygen atoms in total. The molecule has 2 heterocycles. The number of pyridine rings is 1. The molecule has 172 valence electrons. The summed E-state index contributed by atoms with van der Waals surface area (Å²) in [4.78, 5) is 3.61. The molecule has 12 heteroatoms. The summed E-state index contributed by atoms with van der Waals surface area (Å²) in [5.74, 6) is -1.44. The van der Waals surface area contributed by atoms with Crippen LogP contribution in [-0.4, -0.2) is 13.4 Å². The molecule has 0 N–H and O–H groups in total. The Balaban J connectivity index is 1.88. The second kappa shape index (κ2) is 8.86. The number of aromatic nitrogens is 1. The summed E-state index contributed by atoms with van der Waals surface area (Å²) in [5, 5.41) is 1.07. The number of halogens is 6. The van der Waals surface area contributed by atoms with Crippen molar-refractivity contribution in [3.63, 3.8) is 0 Å². The smallest absolute Gasteiger partial charge is 0.251 e. The molecule has 0 unspecified atom stereocenters. The zero-order valence-electron chi connectivity index (χ0n) is 16.3. The number of anilines is 1. The lowest BCUT2D eigenvalue weighted by Crippen LogP contribution is -2.30. The molecular formula is C21H12BrClF4N2O2S2. The molecular weight excluding hydrogens is 568 g/mol. The number of nitrogens with zero attached hydrogens (tertiary/aromatic N) is 2. The number of hydrogen-bond acceptors (Lipinski definition) is 4. The van der Waals surface area contributed by atoms with Gasteiger partial charge in [-0.2, -0.15) is 13.2 Å². The molecule has 0 spiro atoms. The van der Waals surface area contributed by atoms with E-state index in [4.69, 9.17) is 11.6 Å². The highest BCUT2D eigenvalue weighted by atomic mass is 79.9. The van der Waals surface area contributed by atoms with Gasteiger partial charge in [-0.05, 0) is 51.8 Å². The van der Waals surface area contributed by atoms with E-state index in [-0.39, 0.29) is 20.6 Å². The third kappa shape index (κ3) is 4.72. The first-order chi connectivity index (χ1) is 15.5. The lowest BCUT2D eigenvalue weighted by molar-refractivity contribution is -0.140. The minimum Gasteiger partial charge on any atom is -0.251 e. The predicted molar refractivity (Wildman–Crippen MR) is 124 cm³/mol. The van der Waals surface area contributed by atoms with Gasteiger partial charge in [0.05, 0.1) is 16.6 Å². The van der Waals surface area contributed by atoms with Crippen molar-refractivity contribution in [2.75, 3.05) is 4.31 Å². The molecule has 0 aliphatic rings. The minimum atomic E-state index is -4.93. The van der Waals surface area contributed by atoms with E-state index in [1.54, 1.807) is 24.3 Å². The van der Waals surface area contributed by atoms with E-state index >= 15 is 0 Å². The fourth-order valence-electron chi connectivity index (χ4n) is 3.12. The van der Waals surface area contributed by atoms with Crippen LogP contribution in [0.2, 0.25) is 5.15 Å². The van der Waals surface area contributed by atoms with Crippen molar-refractivity contribution in [2.45, 2.75) is 17.6 Å². The second-order valence-corrected chi connectivity index (χ2v) is 10.9. The van der Waals surface area contributed by atoms with Crippen molar-refractivity contribution in [3.05, 3.63) is 87.4 Å². The van der Waals surface area contributed by atoms with Gasteiger partial charge in [-0.15, -0.1) is 11.3 Å². The highest BCUT2D eigenvalue weighted by Crippen LogP contribution is 2.44. The Morgan fingerprint density at radius 1 is 1.09 bits per heavy atom. The van der Waals surface area contributed by atoms with Crippen LogP contribution in [0.25, 0.3) is 10.1 Å². The van der Waals surface area contributed by atoms with Crippen LogP contribution in [0.5, 0.6) is 0 Å². The van der Waals surface area contributed by atoms with Crippen LogP contribution in [0.4, 0.5) is 22.6 Å². The van der Waals surface area contributed by atoms with Gasteiger partial charge < -0.3 is 0 Å². The highest BCUT2D eigenvalue weighted by molar-refractivity contribution is 9.10. The Hall–Kier alpha value is -2.21. The molecule has 33 heavy (non-hydrogen) atoms. The number of benzene rings is 2. The molecule has 0 bridgehead atoms. The van der Waals surface area contributed by atoms with Crippen molar-refractivity contribution in [1.82, 2.24) is 4.98 Å². The van der Waals surface area contributed by atoms with Gasteiger partial charge in [0.2, 0.25) is 0 Å². The standard InChI is InChI=1S/C21H12BrClF4N2O2S2/c22-19-14-3-1-2-4-17(14)32-20(19)29(33(30,31)13-6-8-18(23)28-10-13)11-12-5-7-16(24)15(9-12)21(25,26)27/h1-10H,11H2. The normalized spacial score (nSPS) is 12.3. The number of alkyl halides is 3. The molecule has 0 aliphatic heterocycles. The van der Waals surface area contributed by atoms with E-state index in [2.05, 4.69) is 20.9 Å². The average molecular weight is 580 g/mol. The fraction of sp³-hybridized carbons (Fsp3) is 0.0952. The number of thiophene rings is 1. The van der Waals surface area contributed by atoms with Crippen molar-refractivity contribution in [1.29, 1.82) is 0 Å². The SMILES string of the molecule is O=S(=O)(c1ccc(Cl)nc1)N(Cc1ccc(F)c(C(F)(F)F)c1)c1sc2ccccc2c1Br. The van der Waals surface area contributed by atoms with E-state index < -0.39 is 34.1 Å². The van der Waals surface area contributed by atoms with Gasteiger partial charge in [0, 0.05) is 16.3 Å². The number of rotatable bonds is 5. The quantitative estimate of drug-likeness (QED) is 0.185. The van der Waals surface area contributed by atoms with Gasteiger partial charge in [0.15, 0.2) is 0 Å².